The molecular formula is C22H21FN4O2. The number of fused-ring (bicyclic) bond motifs is 2. The van der Waals surface area contributed by atoms with E-state index in [4.69, 9.17) is 5.10 Å². The Labute approximate surface area is 166 Å². The zero-order valence-corrected chi connectivity index (χ0v) is 15.8. The Hall–Kier alpha value is -3.03. The normalized spacial score (nSPS) is 24.4. The summed E-state index contributed by atoms with van der Waals surface area (Å²) in [5.41, 5.74) is 2.14. The summed E-state index contributed by atoms with van der Waals surface area (Å²) in [4.78, 5) is 4.38. The van der Waals surface area contributed by atoms with Crippen molar-refractivity contribution in [3.8, 4) is 11.3 Å². The monoisotopic (exact) mass is 392 g/mol. The van der Waals surface area contributed by atoms with E-state index in [1.54, 1.807) is 28.9 Å². The van der Waals surface area contributed by atoms with Crippen LogP contribution in [0.2, 0.25) is 0 Å². The third-order valence-electron chi connectivity index (χ3n) is 5.81. The van der Waals surface area contributed by atoms with Gasteiger partial charge in [0.05, 0.1) is 17.8 Å². The van der Waals surface area contributed by atoms with Gasteiger partial charge in [0.1, 0.15) is 17.7 Å². The van der Waals surface area contributed by atoms with Gasteiger partial charge in [-0.15, -0.1) is 0 Å². The highest BCUT2D eigenvalue weighted by molar-refractivity contribution is 5.96. The maximum atomic E-state index is 14.2. The van der Waals surface area contributed by atoms with Gasteiger partial charge in [0, 0.05) is 23.2 Å². The maximum absolute atomic E-state index is 14.2. The van der Waals surface area contributed by atoms with Gasteiger partial charge in [0.25, 0.3) is 0 Å². The predicted octanol–water partition coefficient (Wildman–Crippen LogP) is 3.23. The first kappa shape index (κ1) is 18.0. The molecule has 4 atom stereocenters. The summed E-state index contributed by atoms with van der Waals surface area (Å²) in [5.74, 6) is 0.424. The van der Waals surface area contributed by atoms with E-state index >= 15 is 0 Å². The summed E-state index contributed by atoms with van der Waals surface area (Å²) in [6.07, 6.45) is 0.739. The third-order valence-corrected chi connectivity index (χ3v) is 5.81. The Morgan fingerprint density at radius 2 is 1.86 bits per heavy atom. The summed E-state index contributed by atoms with van der Waals surface area (Å²) >= 11 is 0. The number of aliphatic hydroxyl groups is 2. The van der Waals surface area contributed by atoms with Crippen LogP contribution in [0.15, 0.2) is 54.7 Å². The van der Waals surface area contributed by atoms with Crippen molar-refractivity contribution in [1.29, 1.82) is 0 Å². The zero-order valence-electron chi connectivity index (χ0n) is 15.8. The lowest BCUT2D eigenvalue weighted by Gasteiger charge is -2.19. The van der Waals surface area contributed by atoms with Crippen molar-refractivity contribution in [3.63, 3.8) is 0 Å². The van der Waals surface area contributed by atoms with Crippen molar-refractivity contribution >= 4 is 22.2 Å². The van der Waals surface area contributed by atoms with Crippen LogP contribution in [0.5, 0.6) is 0 Å². The topological polar surface area (TPSA) is 82.7 Å². The lowest BCUT2D eigenvalue weighted by atomic mass is 10.0. The molecule has 0 unspecified atom stereocenters. The highest BCUT2D eigenvalue weighted by atomic mass is 19.1. The number of aliphatic hydroxyl groups excluding tert-OH is 2. The Morgan fingerprint density at radius 3 is 2.66 bits per heavy atom. The second kappa shape index (κ2) is 6.79. The molecule has 1 fully saturated rings. The number of anilines is 1. The fourth-order valence-electron chi connectivity index (χ4n) is 4.22. The van der Waals surface area contributed by atoms with E-state index in [2.05, 4.69) is 10.3 Å². The molecular weight excluding hydrogens is 371 g/mol. The number of hydrogen-bond donors (Lipinski definition) is 3. The van der Waals surface area contributed by atoms with E-state index in [-0.39, 0.29) is 17.8 Å². The van der Waals surface area contributed by atoms with Crippen LogP contribution in [0.25, 0.3) is 27.7 Å². The van der Waals surface area contributed by atoms with Crippen LogP contribution in [0.4, 0.5) is 10.2 Å². The largest absolute Gasteiger partial charge is 0.390 e. The number of benzene rings is 2. The Bertz CT molecular complexity index is 1210. The minimum absolute atomic E-state index is 0.0126. The first-order valence-electron chi connectivity index (χ1n) is 9.68. The SMILES string of the molecule is C[C@@H]1C[C@@H](Nc2ccnc3cc(-c4cccc5c(F)cccc45)nn23)[C@H](O)[C@@H]1O. The maximum Gasteiger partial charge on any atom is 0.157 e. The first-order valence-corrected chi connectivity index (χ1v) is 9.68. The van der Waals surface area contributed by atoms with Crippen molar-refractivity contribution in [2.45, 2.75) is 31.6 Å². The summed E-state index contributed by atoms with van der Waals surface area (Å²) in [5, 5.41) is 29.7. The summed E-state index contributed by atoms with van der Waals surface area (Å²) in [7, 11) is 0. The molecule has 0 amide bonds. The summed E-state index contributed by atoms with van der Waals surface area (Å²) in [6.45, 7) is 1.92. The molecule has 0 aliphatic heterocycles. The number of nitrogens with one attached hydrogen (secondary N) is 1. The van der Waals surface area contributed by atoms with Crippen LogP contribution in [0.3, 0.4) is 0 Å². The lowest BCUT2D eigenvalue weighted by Crippen LogP contribution is -2.35. The molecule has 2 heterocycles. The van der Waals surface area contributed by atoms with Crippen molar-refractivity contribution in [2.24, 2.45) is 5.92 Å². The Kier molecular flexibility index (Phi) is 4.22. The Morgan fingerprint density at radius 1 is 1.07 bits per heavy atom. The van der Waals surface area contributed by atoms with Crippen molar-refractivity contribution in [1.82, 2.24) is 14.6 Å². The van der Waals surface area contributed by atoms with Gasteiger partial charge in [-0.1, -0.05) is 37.3 Å². The van der Waals surface area contributed by atoms with E-state index in [0.29, 0.717) is 29.0 Å². The average Bonchev–Trinajstić information content (AvgIpc) is 3.26. The molecule has 0 bridgehead atoms. The van der Waals surface area contributed by atoms with Gasteiger partial charge in [-0.3, -0.25) is 0 Å². The van der Waals surface area contributed by atoms with Gasteiger partial charge < -0.3 is 15.5 Å². The molecule has 2 aromatic carbocycles. The molecule has 5 rings (SSSR count). The Balaban J connectivity index is 1.57. The van der Waals surface area contributed by atoms with Crippen LogP contribution in [-0.2, 0) is 0 Å². The van der Waals surface area contributed by atoms with Crippen molar-refractivity contribution < 1.29 is 14.6 Å². The van der Waals surface area contributed by atoms with Crippen molar-refractivity contribution in [2.75, 3.05) is 5.32 Å². The second-order valence-electron chi connectivity index (χ2n) is 7.72. The number of nitrogens with zero attached hydrogens (tertiary/aromatic N) is 3. The smallest absolute Gasteiger partial charge is 0.157 e. The molecule has 3 N–H and O–H groups in total. The van der Waals surface area contributed by atoms with Crippen LogP contribution >= 0.6 is 0 Å². The predicted molar refractivity (Wildman–Crippen MR) is 109 cm³/mol. The number of halogens is 1. The quantitative estimate of drug-likeness (QED) is 0.499. The number of aromatic nitrogens is 3. The number of hydrogen-bond acceptors (Lipinski definition) is 5. The lowest BCUT2D eigenvalue weighted by molar-refractivity contribution is 0.0210. The zero-order chi connectivity index (χ0) is 20.1. The summed E-state index contributed by atoms with van der Waals surface area (Å²) < 4.78 is 15.9. The second-order valence-corrected chi connectivity index (χ2v) is 7.72. The van der Waals surface area contributed by atoms with Crippen LogP contribution in [-0.4, -0.2) is 43.1 Å². The molecule has 1 saturated carbocycles. The van der Waals surface area contributed by atoms with Crippen LogP contribution < -0.4 is 5.32 Å². The minimum Gasteiger partial charge on any atom is -0.390 e. The fraction of sp³-hybridized carbons (Fsp3) is 0.273. The highest BCUT2D eigenvalue weighted by Gasteiger charge is 2.39. The highest BCUT2D eigenvalue weighted by Crippen LogP contribution is 2.31. The van der Waals surface area contributed by atoms with Gasteiger partial charge in [-0.25, -0.2) is 9.37 Å². The van der Waals surface area contributed by atoms with E-state index in [1.807, 2.05) is 31.2 Å². The molecule has 1 aliphatic carbocycles. The van der Waals surface area contributed by atoms with Gasteiger partial charge in [0.15, 0.2) is 5.65 Å². The minimum atomic E-state index is -0.843. The van der Waals surface area contributed by atoms with E-state index in [0.717, 1.165) is 10.9 Å². The van der Waals surface area contributed by atoms with E-state index in [1.165, 1.54) is 6.07 Å². The van der Waals surface area contributed by atoms with Gasteiger partial charge in [-0.05, 0) is 29.9 Å². The summed E-state index contributed by atoms with van der Waals surface area (Å²) in [6, 6.07) is 13.9. The standard InChI is InChI=1S/C22H21FN4O2/c1-12-10-18(22(29)21(12)28)25-19-8-9-24-20-11-17(26-27(19)20)15-6-2-5-14-13(15)4-3-7-16(14)23/h2-9,11-12,18,21-22,25,28-29H,10H2,1H3/t12-,18-,21-,22+/m1/s1. The molecule has 7 heteroatoms. The third kappa shape index (κ3) is 2.94. The van der Waals surface area contributed by atoms with Gasteiger partial charge in [0.2, 0.25) is 0 Å². The molecule has 148 valence electrons. The van der Waals surface area contributed by atoms with E-state index < -0.39 is 12.2 Å². The van der Waals surface area contributed by atoms with Crippen LogP contribution in [0, 0.1) is 11.7 Å². The molecule has 0 radical (unpaired) electrons. The molecule has 0 spiro atoms. The molecule has 6 nitrogen and oxygen atoms in total. The molecule has 0 saturated heterocycles. The average molecular weight is 392 g/mol. The molecule has 2 aromatic heterocycles. The van der Waals surface area contributed by atoms with Crippen molar-refractivity contribution in [3.05, 3.63) is 60.5 Å². The molecule has 4 aromatic rings. The van der Waals surface area contributed by atoms with Gasteiger partial charge >= 0.3 is 0 Å². The first-order chi connectivity index (χ1) is 14.0. The number of rotatable bonds is 3. The molecule has 1 aliphatic rings. The fourth-order valence-corrected chi connectivity index (χ4v) is 4.22. The molecule has 29 heavy (non-hydrogen) atoms. The van der Waals surface area contributed by atoms with E-state index in [9.17, 15) is 14.6 Å². The van der Waals surface area contributed by atoms with Crippen LogP contribution in [0.1, 0.15) is 13.3 Å². The van der Waals surface area contributed by atoms with Gasteiger partial charge in [-0.2, -0.15) is 9.61 Å².